The number of carbonyl (C=O) groups is 1. The lowest BCUT2D eigenvalue weighted by Gasteiger charge is -2.09. The largest absolute Gasteiger partial charge is 0.360 e. The summed E-state index contributed by atoms with van der Waals surface area (Å²) in [6, 6.07) is 1.90. The predicted octanol–water partition coefficient (Wildman–Crippen LogP) is 0.941. The van der Waals surface area contributed by atoms with Crippen LogP contribution >= 0.6 is 0 Å². The second-order valence-electron chi connectivity index (χ2n) is 4.00. The molecule has 0 aliphatic rings. The molecule has 0 saturated carbocycles. The molecule has 5 heteroatoms. The molecule has 0 aliphatic heterocycles. The Morgan fingerprint density at radius 3 is 2.88 bits per heavy atom. The van der Waals surface area contributed by atoms with Crippen molar-refractivity contribution in [1.82, 2.24) is 15.4 Å². The molecule has 1 N–H and O–H groups in total. The molecular formula is C11H19N3O2. The summed E-state index contributed by atoms with van der Waals surface area (Å²) in [6.45, 7) is 3.36. The highest BCUT2D eigenvalue weighted by Gasteiger charge is 2.03. The minimum Gasteiger partial charge on any atom is -0.360 e. The van der Waals surface area contributed by atoms with Crippen LogP contribution in [0.4, 0.5) is 0 Å². The van der Waals surface area contributed by atoms with Gasteiger partial charge in [-0.05, 0) is 19.9 Å². The van der Waals surface area contributed by atoms with E-state index in [0.717, 1.165) is 24.4 Å². The van der Waals surface area contributed by atoms with E-state index in [1.165, 1.54) is 0 Å². The lowest BCUT2D eigenvalue weighted by atomic mass is 10.3. The Labute approximate surface area is 95.8 Å². The highest BCUT2D eigenvalue weighted by molar-refractivity contribution is 5.75. The quantitative estimate of drug-likeness (QED) is 0.732. The van der Waals surface area contributed by atoms with Gasteiger partial charge in [0.2, 0.25) is 5.91 Å². The van der Waals surface area contributed by atoms with Crippen LogP contribution in [0.5, 0.6) is 0 Å². The van der Waals surface area contributed by atoms with Crippen molar-refractivity contribution in [2.24, 2.45) is 0 Å². The fourth-order valence-corrected chi connectivity index (χ4v) is 1.30. The predicted molar refractivity (Wildman–Crippen MR) is 60.9 cm³/mol. The molecule has 0 aromatic carbocycles. The Bertz CT molecular complexity index is 334. The first kappa shape index (κ1) is 12.7. The van der Waals surface area contributed by atoms with E-state index < -0.39 is 0 Å². The van der Waals surface area contributed by atoms with Crippen LogP contribution in [0.25, 0.3) is 0 Å². The highest BCUT2D eigenvalue weighted by atomic mass is 16.5. The Morgan fingerprint density at radius 1 is 1.56 bits per heavy atom. The minimum atomic E-state index is 0.164. The topological polar surface area (TPSA) is 58.4 Å². The number of aryl methyl sites for hydroxylation is 1. The Kier molecular flexibility index (Phi) is 4.98. The third-order valence-corrected chi connectivity index (χ3v) is 2.22. The van der Waals surface area contributed by atoms with E-state index in [9.17, 15) is 4.79 Å². The van der Waals surface area contributed by atoms with E-state index in [-0.39, 0.29) is 5.91 Å². The molecule has 1 heterocycles. The summed E-state index contributed by atoms with van der Waals surface area (Å²) >= 11 is 0. The van der Waals surface area contributed by atoms with Crippen LogP contribution in [0, 0.1) is 6.92 Å². The number of hydrogen-bond donors (Lipinski definition) is 1. The monoisotopic (exact) mass is 225 g/mol. The lowest BCUT2D eigenvalue weighted by molar-refractivity contribution is -0.128. The first-order valence-corrected chi connectivity index (χ1v) is 5.42. The number of rotatable bonds is 6. The van der Waals surface area contributed by atoms with Crippen LogP contribution in [0.15, 0.2) is 10.6 Å². The first-order chi connectivity index (χ1) is 7.59. The molecular weight excluding hydrogens is 206 g/mol. The minimum absolute atomic E-state index is 0.164. The normalized spacial score (nSPS) is 10.4. The van der Waals surface area contributed by atoms with Gasteiger partial charge in [0, 0.05) is 26.6 Å². The van der Waals surface area contributed by atoms with Crippen molar-refractivity contribution in [1.29, 1.82) is 0 Å². The summed E-state index contributed by atoms with van der Waals surface area (Å²) in [5.41, 5.74) is 0.889. The molecule has 0 unspecified atom stereocenters. The van der Waals surface area contributed by atoms with Gasteiger partial charge in [-0.25, -0.2) is 0 Å². The first-order valence-electron chi connectivity index (χ1n) is 5.42. The van der Waals surface area contributed by atoms with Crippen molar-refractivity contribution >= 4 is 5.91 Å². The fraction of sp³-hybridized carbons (Fsp3) is 0.636. The summed E-state index contributed by atoms with van der Waals surface area (Å²) in [7, 11) is 3.54. The van der Waals surface area contributed by atoms with E-state index >= 15 is 0 Å². The standard InChI is InChI=1S/C11H19N3O2/c1-9-7-10(16-13-9)8-12-6-4-5-11(15)14(2)3/h7,12H,4-6,8H2,1-3H3. The van der Waals surface area contributed by atoms with Crippen molar-refractivity contribution in [2.45, 2.75) is 26.3 Å². The number of hydrogen-bond acceptors (Lipinski definition) is 4. The SMILES string of the molecule is Cc1cc(CNCCCC(=O)N(C)C)on1. The van der Waals surface area contributed by atoms with Gasteiger partial charge in [0.05, 0.1) is 12.2 Å². The molecule has 0 bridgehead atoms. The number of amides is 1. The van der Waals surface area contributed by atoms with Gasteiger partial charge >= 0.3 is 0 Å². The molecule has 0 fully saturated rings. The smallest absolute Gasteiger partial charge is 0.222 e. The maximum atomic E-state index is 11.2. The lowest BCUT2D eigenvalue weighted by Crippen LogP contribution is -2.23. The maximum absolute atomic E-state index is 11.2. The van der Waals surface area contributed by atoms with Crippen LogP contribution in [-0.4, -0.2) is 36.6 Å². The van der Waals surface area contributed by atoms with Gasteiger partial charge in [0.15, 0.2) is 5.76 Å². The zero-order valence-corrected chi connectivity index (χ0v) is 10.1. The number of nitrogens with zero attached hydrogens (tertiary/aromatic N) is 2. The molecule has 1 aromatic rings. The summed E-state index contributed by atoms with van der Waals surface area (Å²) < 4.78 is 5.04. The van der Waals surface area contributed by atoms with Crippen molar-refractivity contribution < 1.29 is 9.32 Å². The molecule has 5 nitrogen and oxygen atoms in total. The molecule has 1 aromatic heterocycles. The maximum Gasteiger partial charge on any atom is 0.222 e. The molecule has 0 radical (unpaired) electrons. The zero-order chi connectivity index (χ0) is 12.0. The third kappa shape index (κ3) is 4.44. The molecule has 0 spiro atoms. The summed E-state index contributed by atoms with van der Waals surface area (Å²) in [6.07, 6.45) is 1.42. The van der Waals surface area contributed by atoms with Gasteiger partial charge in [0.1, 0.15) is 0 Å². The van der Waals surface area contributed by atoms with Crippen molar-refractivity contribution in [3.05, 3.63) is 17.5 Å². The van der Waals surface area contributed by atoms with Gasteiger partial charge in [-0.3, -0.25) is 4.79 Å². The highest BCUT2D eigenvalue weighted by Crippen LogP contribution is 2.01. The van der Waals surface area contributed by atoms with Gasteiger partial charge in [-0.1, -0.05) is 5.16 Å². The molecule has 0 aliphatic carbocycles. The van der Waals surface area contributed by atoms with Crippen LogP contribution in [-0.2, 0) is 11.3 Å². The number of nitrogens with one attached hydrogen (secondary N) is 1. The summed E-state index contributed by atoms with van der Waals surface area (Å²) in [4.78, 5) is 12.9. The second kappa shape index (κ2) is 6.27. The molecule has 90 valence electrons. The Hall–Kier alpha value is -1.36. The Balaban J connectivity index is 2.06. The van der Waals surface area contributed by atoms with Gasteiger partial charge in [-0.15, -0.1) is 0 Å². The van der Waals surface area contributed by atoms with Gasteiger partial charge < -0.3 is 14.7 Å². The molecule has 16 heavy (non-hydrogen) atoms. The number of carbonyl (C=O) groups excluding carboxylic acids is 1. The van der Waals surface area contributed by atoms with E-state index in [2.05, 4.69) is 10.5 Å². The van der Waals surface area contributed by atoms with Crippen LogP contribution in [0.2, 0.25) is 0 Å². The van der Waals surface area contributed by atoms with Crippen molar-refractivity contribution in [2.75, 3.05) is 20.6 Å². The van der Waals surface area contributed by atoms with Crippen molar-refractivity contribution in [3.8, 4) is 0 Å². The summed E-state index contributed by atoms with van der Waals surface area (Å²) in [5.74, 6) is 0.994. The molecule has 1 amide bonds. The average molecular weight is 225 g/mol. The Morgan fingerprint density at radius 2 is 2.31 bits per heavy atom. The van der Waals surface area contributed by atoms with E-state index in [1.807, 2.05) is 13.0 Å². The fourth-order valence-electron chi connectivity index (χ4n) is 1.30. The average Bonchev–Trinajstić information content (AvgIpc) is 2.63. The van der Waals surface area contributed by atoms with E-state index in [1.54, 1.807) is 19.0 Å². The van der Waals surface area contributed by atoms with E-state index in [4.69, 9.17) is 4.52 Å². The number of aromatic nitrogens is 1. The van der Waals surface area contributed by atoms with Gasteiger partial charge in [0.25, 0.3) is 0 Å². The zero-order valence-electron chi connectivity index (χ0n) is 10.1. The van der Waals surface area contributed by atoms with Crippen LogP contribution in [0.1, 0.15) is 24.3 Å². The van der Waals surface area contributed by atoms with E-state index in [0.29, 0.717) is 13.0 Å². The molecule has 0 saturated heterocycles. The van der Waals surface area contributed by atoms with Gasteiger partial charge in [-0.2, -0.15) is 0 Å². The van der Waals surface area contributed by atoms with Crippen LogP contribution < -0.4 is 5.32 Å². The second-order valence-corrected chi connectivity index (χ2v) is 4.00. The van der Waals surface area contributed by atoms with Crippen molar-refractivity contribution in [3.63, 3.8) is 0 Å². The summed E-state index contributed by atoms with van der Waals surface area (Å²) in [5, 5.41) is 7.00. The third-order valence-electron chi connectivity index (χ3n) is 2.22. The molecule has 0 atom stereocenters. The van der Waals surface area contributed by atoms with Crippen LogP contribution in [0.3, 0.4) is 0 Å². The molecule has 1 rings (SSSR count).